The van der Waals surface area contributed by atoms with Crippen molar-refractivity contribution in [3.05, 3.63) is 42.0 Å². The van der Waals surface area contributed by atoms with Crippen LogP contribution in [0.3, 0.4) is 0 Å². The summed E-state index contributed by atoms with van der Waals surface area (Å²) in [4.78, 5) is 30.9. The van der Waals surface area contributed by atoms with Crippen molar-refractivity contribution in [2.75, 3.05) is 46.3 Å². The first-order valence-electron chi connectivity index (χ1n) is 10.1. The lowest BCUT2D eigenvalue weighted by Gasteiger charge is -2.46. The van der Waals surface area contributed by atoms with Gasteiger partial charge in [-0.25, -0.2) is 0 Å². The van der Waals surface area contributed by atoms with Crippen molar-refractivity contribution in [2.24, 2.45) is 5.92 Å². The van der Waals surface area contributed by atoms with Crippen LogP contribution < -0.4 is 0 Å². The van der Waals surface area contributed by atoms with E-state index in [1.807, 2.05) is 29.2 Å². The molecule has 2 atom stereocenters. The summed E-state index contributed by atoms with van der Waals surface area (Å²) in [6.07, 6.45) is 3.44. The first-order valence-corrected chi connectivity index (χ1v) is 10.1. The second-order valence-corrected chi connectivity index (χ2v) is 7.97. The van der Waals surface area contributed by atoms with Crippen LogP contribution in [0.2, 0.25) is 0 Å². The molecule has 1 aromatic rings. The molecule has 28 heavy (non-hydrogen) atoms. The number of carboxylic acids is 1. The molecule has 2 aliphatic heterocycles. The summed E-state index contributed by atoms with van der Waals surface area (Å²) >= 11 is 0. The summed E-state index contributed by atoms with van der Waals surface area (Å²) in [7, 11) is 2.14. The van der Waals surface area contributed by atoms with Gasteiger partial charge >= 0.3 is 5.97 Å². The Kier molecular flexibility index (Phi) is 6.86. The van der Waals surface area contributed by atoms with Gasteiger partial charge < -0.3 is 14.9 Å². The van der Waals surface area contributed by atoms with Gasteiger partial charge in [0.15, 0.2) is 0 Å². The van der Waals surface area contributed by atoms with Crippen LogP contribution in [-0.4, -0.2) is 84.0 Å². The highest BCUT2D eigenvalue weighted by Gasteiger charge is 2.36. The number of likely N-dealkylation sites (N-methyl/N-ethyl adjacent to an activating group) is 1. The van der Waals surface area contributed by atoms with Gasteiger partial charge in [-0.05, 0) is 43.5 Å². The number of hydrogen-bond donors (Lipinski definition) is 1. The molecular weight excluding hydrogens is 354 g/mol. The third-order valence-corrected chi connectivity index (χ3v) is 6.11. The van der Waals surface area contributed by atoms with E-state index in [1.165, 1.54) is 0 Å². The fourth-order valence-electron chi connectivity index (χ4n) is 4.38. The van der Waals surface area contributed by atoms with E-state index in [0.29, 0.717) is 24.6 Å². The molecule has 0 radical (unpaired) electrons. The minimum absolute atomic E-state index is 0.0350. The molecule has 6 nitrogen and oxygen atoms in total. The molecule has 2 fully saturated rings. The molecule has 1 amide bonds. The number of likely N-dealkylation sites (tertiary alicyclic amines) is 1. The third-order valence-electron chi connectivity index (χ3n) is 6.11. The Bertz CT molecular complexity index is 695. The smallest absolute Gasteiger partial charge is 0.303 e. The van der Waals surface area contributed by atoms with E-state index >= 15 is 0 Å². The number of carbonyl (C=O) groups excluding carboxylic acids is 1. The molecule has 152 valence electrons. The van der Waals surface area contributed by atoms with Crippen molar-refractivity contribution in [2.45, 2.75) is 25.3 Å². The number of amides is 1. The summed E-state index contributed by atoms with van der Waals surface area (Å²) < 4.78 is 0. The molecular formula is C22H31N3O3. The monoisotopic (exact) mass is 385 g/mol. The van der Waals surface area contributed by atoms with E-state index in [1.54, 1.807) is 6.08 Å². The Balaban J connectivity index is 1.69. The molecule has 2 heterocycles. The third kappa shape index (κ3) is 5.00. The van der Waals surface area contributed by atoms with Gasteiger partial charge in [0.05, 0.1) is 0 Å². The quantitative estimate of drug-likeness (QED) is 0.814. The lowest BCUT2D eigenvalue weighted by molar-refractivity contribution is -0.137. The number of benzene rings is 1. The minimum Gasteiger partial charge on any atom is -0.481 e. The Morgan fingerprint density at radius 3 is 2.43 bits per heavy atom. The first-order chi connectivity index (χ1) is 13.5. The largest absolute Gasteiger partial charge is 0.481 e. The molecule has 1 N–H and O–H groups in total. The zero-order chi connectivity index (χ0) is 20.1. The predicted octanol–water partition coefficient (Wildman–Crippen LogP) is 2.27. The first kappa shape index (κ1) is 20.6. The second-order valence-electron chi connectivity index (χ2n) is 7.97. The van der Waals surface area contributed by atoms with E-state index in [0.717, 1.165) is 44.7 Å². The fourth-order valence-corrected chi connectivity index (χ4v) is 4.38. The van der Waals surface area contributed by atoms with Crippen molar-refractivity contribution >= 4 is 18.0 Å². The second kappa shape index (κ2) is 9.34. The summed E-state index contributed by atoms with van der Waals surface area (Å²) in [6.45, 7) is 9.22. The van der Waals surface area contributed by atoms with Gasteiger partial charge in [-0.15, -0.1) is 0 Å². The molecule has 0 aliphatic carbocycles. The van der Waals surface area contributed by atoms with Crippen LogP contribution in [-0.2, 0) is 4.79 Å². The van der Waals surface area contributed by atoms with Gasteiger partial charge in [-0.3, -0.25) is 14.5 Å². The van der Waals surface area contributed by atoms with Gasteiger partial charge in [0, 0.05) is 57.3 Å². The molecule has 0 aromatic heterocycles. The zero-order valence-electron chi connectivity index (χ0n) is 16.7. The minimum atomic E-state index is -0.763. The van der Waals surface area contributed by atoms with E-state index in [4.69, 9.17) is 5.11 Å². The van der Waals surface area contributed by atoms with Crippen LogP contribution in [0.1, 0.15) is 35.2 Å². The van der Waals surface area contributed by atoms with Crippen molar-refractivity contribution in [3.63, 3.8) is 0 Å². The highest BCUT2D eigenvalue weighted by atomic mass is 16.4. The summed E-state index contributed by atoms with van der Waals surface area (Å²) in [5.41, 5.74) is 1.67. The number of piperidine rings is 1. The molecule has 0 saturated carbocycles. The lowest BCUT2D eigenvalue weighted by Crippen LogP contribution is -2.57. The highest BCUT2D eigenvalue weighted by molar-refractivity contribution is 5.94. The number of carboxylic acid groups (broad SMARTS) is 1. The maximum Gasteiger partial charge on any atom is 0.303 e. The van der Waals surface area contributed by atoms with Crippen LogP contribution in [0.5, 0.6) is 0 Å². The van der Waals surface area contributed by atoms with Crippen LogP contribution in [0, 0.1) is 5.92 Å². The average Bonchev–Trinajstić information content (AvgIpc) is 2.72. The normalized spacial score (nSPS) is 24.1. The molecule has 3 rings (SSSR count). The number of rotatable bonds is 6. The van der Waals surface area contributed by atoms with Gasteiger partial charge in [0.25, 0.3) is 5.91 Å². The van der Waals surface area contributed by atoms with Crippen LogP contribution >= 0.6 is 0 Å². The number of nitrogens with zero attached hydrogens (tertiary/aromatic N) is 3. The summed E-state index contributed by atoms with van der Waals surface area (Å²) in [5, 5.41) is 9.17. The maximum atomic E-state index is 13.0. The van der Waals surface area contributed by atoms with E-state index in [2.05, 4.69) is 23.4 Å². The molecule has 1 aromatic carbocycles. The Labute approximate surface area is 167 Å². The van der Waals surface area contributed by atoms with Crippen LogP contribution in [0.4, 0.5) is 0 Å². The zero-order valence-corrected chi connectivity index (χ0v) is 16.7. The predicted molar refractivity (Wildman–Crippen MR) is 110 cm³/mol. The fraction of sp³-hybridized carbons (Fsp3) is 0.545. The Morgan fingerprint density at radius 2 is 1.82 bits per heavy atom. The number of piperazine rings is 1. The van der Waals surface area contributed by atoms with Crippen LogP contribution in [0.25, 0.3) is 6.08 Å². The van der Waals surface area contributed by atoms with Gasteiger partial charge in [-0.1, -0.05) is 24.8 Å². The van der Waals surface area contributed by atoms with Crippen molar-refractivity contribution < 1.29 is 14.7 Å². The molecule has 6 heteroatoms. The number of hydrogen-bond acceptors (Lipinski definition) is 4. The van der Waals surface area contributed by atoms with Crippen molar-refractivity contribution in [1.82, 2.24) is 14.7 Å². The van der Waals surface area contributed by atoms with E-state index in [-0.39, 0.29) is 18.2 Å². The van der Waals surface area contributed by atoms with E-state index in [9.17, 15) is 9.59 Å². The summed E-state index contributed by atoms with van der Waals surface area (Å²) in [6, 6.07) is 7.86. The maximum absolute atomic E-state index is 13.0. The highest BCUT2D eigenvalue weighted by Crippen LogP contribution is 2.28. The Morgan fingerprint density at radius 1 is 1.14 bits per heavy atom. The summed E-state index contributed by atoms with van der Waals surface area (Å²) in [5.74, 6) is -0.530. The molecule has 2 aliphatic rings. The molecule has 0 unspecified atom stereocenters. The molecule has 2 saturated heterocycles. The Hall–Kier alpha value is -2.18. The van der Waals surface area contributed by atoms with Gasteiger partial charge in [-0.2, -0.15) is 0 Å². The standard InChI is InChI=1S/C22H31N3O3/c1-3-17-4-6-18(7-5-17)22(28)25-11-10-20(19(16-25)8-9-21(26)27)24-14-12-23(2)13-15-24/h3-7,19-20H,1,8-16H2,2H3,(H,26,27)/t19-,20+/m1/s1. The van der Waals surface area contributed by atoms with Crippen molar-refractivity contribution in [1.29, 1.82) is 0 Å². The SMILES string of the molecule is C=Cc1ccc(C(=O)N2CC[C@H](N3CCN(C)CC3)[C@H](CCC(=O)O)C2)cc1. The molecule has 0 spiro atoms. The van der Waals surface area contributed by atoms with Gasteiger partial charge in [0.2, 0.25) is 0 Å². The number of carbonyl (C=O) groups is 2. The number of aliphatic carboxylic acids is 1. The topological polar surface area (TPSA) is 64.1 Å². The molecule has 0 bridgehead atoms. The van der Waals surface area contributed by atoms with E-state index < -0.39 is 5.97 Å². The average molecular weight is 386 g/mol. The van der Waals surface area contributed by atoms with Crippen LogP contribution in [0.15, 0.2) is 30.8 Å². The lowest BCUT2D eigenvalue weighted by atomic mass is 9.86. The van der Waals surface area contributed by atoms with Gasteiger partial charge in [0.1, 0.15) is 0 Å². The van der Waals surface area contributed by atoms with Crippen molar-refractivity contribution in [3.8, 4) is 0 Å².